The first-order chi connectivity index (χ1) is 5.13. The predicted octanol–water partition coefficient (Wildman–Crippen LogP) is 2.45. The number of nitrogens with zero attached hydrogens (tertiary/aromatic N) is 1. The fourth-order valence-electron chi connectivity index (χ4n) is 0.794. The molecule has 0 saturated carbocycles. The van der Waals surface area contributed by atoms with E-state index >= 15 is 0 Å². The summed E-state index contributed by atoms with van der Waals surface area (Å²) < 4.78 is 4.77. The normalized spacial score (nSPS) is 9.64. The third-order valence-corrected chi connectivity index (χ3v) is 1.57. The highest BCUT2D eigenvalue weighted by Crippen LogP contribution is 2.15. The Morgan fingerprint density at radius 2 is 2.27 bits per heavy atom. The Labute approximate surface area is 70.9 Å². The molecule has 0 amide bonds. The molecule has 1 aromatic rings. The summed E-state index contributed by atoms with van der Waals surface area (Å²) in [5, 5.41) is 3.77. The molecular weight excluding hydrogens is 158 g/mol. The molecule has 0 saturated heterocycles. The van der Waals surface area contributed by atoms with E-state index in [1.807, 2.05) is 13.8 Å². The average Bonchev–Trinajstić information content (AvgIpc) is 2.32. The van der Waals surface area contributed by atoms with Crippen molar-refractivity contribution >= 4 is 22.7 Å². The van der Waals surface area contributed by atoms with E-state index in [0.717, 1.165) is 21.7 Å². The Balaban J connectivity index is 3.16. The molecular formula is C8H9NOS. The van der Waals surface area contributed by atoms with Crippen molar-refractivity contribution in [2.24, 2.45) is 0 Å². The van der Waals surface area contributed by atoms with Gasteiger partial charge in [0.05, 0.1) is 5.56 Å². The highest BCUT2D eigenvalue weighted by atomic mass is 32.1. The highest BCUT2D eigenvalue weighted by molar-refractivity contribution is 7.80. The van der Waals surface area contributed by atoms with E-state index < -0.39 is 0 Å². The van der Waals surface area contributed by atoms with Gasteiger partial charge < -0.3 is 4.52 Å². The van der Waals surface area contributed by atoms with Crippen molar-refractivity contribution in [3.8, 4) is 0 Å². The van der Waals surface area contributed by atoms with E-state index in [-0.39, 0.29) is 0 Å². The van der Waals surface area contributed by atoms with Gasteiger partial charge in [-0.3, -0.25) is 0 Å². The minimum absolute atomic E-state index is 0.762. The Hall–Kier alpha value is -0.960. The van der Waals surface area contributed by atoms with Gasteiger partial charge in [-0.15, -0.1) is 0 Å². The summed E-state index contributed by atoms with van der Waals surface area (Å²) in [6.07, 6.45) is 1.55. The van der Waals surface area contributed by atoms with Crippen LogP contribution in [0.5, 0.6) is 0 Å². The smallest absolute Gasteiger partial charge is 0.132 e. The van der Waals surface area contributed by atoms with Crippen LogP contribution in [0.4, 0.5) is 0 Å². The van der Waals surface area contributed by atoms with Crippen LogP contribution in [0, 0.1) is 0 Å². The standard InChI is InChI=1S/C8H9NOS/c1-5(2)8-7(6(3)11)4-10-9-8/h4H,1H2,2-3H3. The van der Waals surface area contributed by atoms with Gasteiger partial charge in [0.15, 0.2) is 0 Å². The van der Waals surface area contributed by atoms with Crippen molar-refractivity contribution < 1.29 is 4.52 Å². The summed E-state index contributed by atoms with van der Waals surface area (Å²) in [6, 6.07) is 0. The fraction of sp³-hybridized carbons (Fsp3) is 0.250. The fourth-order valence-corrected chi connectivity index (χ4v) is 0.939. The first-order valence-electron chi connectivity index (χ1n) is 3.24. The average molecular weight is 167 g/mol. The molecule has 0 atom stereocenters. The second kappa shape index (κ2) is 2.96. The molecule has 0 aliphatic carbocycles. The zero-order valence-corrected chi connectivity index (χ0v) is 7.36. The number of thiocarbonyl (C=S) groups is 1. The zero-order valence-electron chi connectivity index (χ0n) is 6.55. The lowest BCUT2D eigenvalue weighted by Gasteiger charge is -1.94. The number of aromatic nitrogens is 1. The molecule has 0 N–H and O–H groups in total. The second-order valence-electron chi connectivity index (χ2n) is 2.41. The zero-order chi connectivity index (χ0) is 8.43. The van der Waals surface area contributed by atoms with Crippen molar-refractivity contribution in [3.63, 3.8) is 0 Å². The van der Waals surface area contributed by atoms with Gasteiger partial charge >= 0.3 is 0 Å². The molecule has 1 heterocycles. The second-order valence-corrected chi connectivity index (χ2v) is 3.03. The van der Waals surface area contributed by atoms with Crippen molar-refractivity contribution in [2.45, 2.75) is 13.8 Å². The molecule has 1 aromatic heterocycles. The SMILES string of the molecule is C=C(C)c1nocc1C(C)=S. The van der Waals surface area contributed by atoms with Gasteiger partial charge in [0.25, 0.3) is 0 Å². The minimum atomic E-state index is 0.762. The van der Waals surface area contributed by atoms with E-state index in [1.165, 1.54) is 0 Å². The van der Waals surface area contributed by atoms with Crippen molar-refractivity contribution in [3.05, 3.63) is 24.1 Å². The molecule has 58 valence electrons. The summed E-state index contributed by atoms with van der Waals surface area (Å²) in [6.45, 7) is 7.47. The molecule has 0 aliphatic rings. The maximum absolute atomic E-state index is 4.98. The van der Waals surface area contributed by atoms with Crippen LogP contribution in [0.2, 0.25) is 0 Å². The maximum Gasteiger partial charge on any atom is 0.132 e. The lowest BCUT2D eigenvalue weighted by molar-refractivity contribution is 0.417. The van der Waals surface area contributed by atoms with E-state index in [2.05, 4.69) is 11.7 Å². The molecule has 0 bridgehead atoms. The highest BCUT2D eigenvalue weighted by Gasteiger charge is 2.08. The summed E-state index contributed by atoms with van der Waals surface area (Å²) in [7, 11) is 0. The molecule has 2 nitrogen and oxygen atoms in total. The molecule has 0 aliphatic heterocycles. The van der Waals surface area contributed by atoms with Crippen LogP contribution >= 0.6 is 12.2 Å². The van der Waals surface area contributed by atoms with E-state index in [4.69, 9.17) is 16.7 Å². The lowest BCUT2D eigenvalue weighted by atomic mass is 10.1. The van der Waals surface area contributed by atoms with Crippen LogP contribution in [0.1, 0.15) is 25.1 Å². The van der Waals surface area contributed by atoms with Crippen LogP contribution < -0.4 is 0 Å². The van der Waals surface area contributed by atoms with Crippen molar-refractivity contribution in [2.75, 3.05) is 0 Å². The van der Waals surface area contributed by atoms with Gasteiger partial charge in [-0.25, -0.2) is 0 Å². The third-order valence-electron chi connectivity index (χ3n) is 1.35. The topological polar surface area (TPSA) is 26.0 Å². The summed E-state index contributed by atoms with van der Waals surface area (Å²) in [4.78, 5) is 0.782. The number of rotatable bonds is 2. The third kappa shape index (κ3) is 1.54. The van der Waals surface area contributed by atoms with Crippen molar-refractivity contribution in [1.82, 2.24) is 5.16 Å². The van der Waals surface area contributed by atoms with Crippen LogP contribution in [0.3, 0.4) is 0 Å². The van der Waals surface area contributed by atoms with Gasteiger partial charge in [0.2, 0.25) is 0 Å². The molecule has 11 heavy (non-hydrogen) atoms. The number of hydrogen-bond acceptors (Lipinski definition) is 3. The van der Waals surface area contributed by atoms with Gasteiger partial charge in [0.1, 0.15) is 12.0 Å². The number of allylic oxidation sites excluding steroid dienone is 1. The lowest BCUT2D eigenvalue weighted by Crippen LogP contribution is -1.92. The first kappa shape index (κ1) is 8.14. The van der Waals surface area contributed by atoms with Crippen molar-refractivity contribution in [1.29, 1.82) is 0 Å². The molecule has 0 radical (unpaired) electrons. The minimum Gasteiger partial charge on any atom is -0.363 e. The van der Waals surface area contributed by atoms with Crippen LogP contribution in [-0.2, 0) is 0 Å². The quantitative estimate of drug-likeness (QED) is 0.500. The van der Waals surface area contributed by atoms with Gasteiger partial charge in [-0.1, -0.05) is 24.0 Å². The molecule has 0 aromatic carbocycles. The molecule has 0 unspecified atom stereocenters. The van der Waals surface area contributed by atoms with Gasteiger partial charge in [0, 0.05) is 4.86 Å². The van der Waals surface area contributed by atoms with Gasteiger partial charge in [-0.2, -0.15) is 0 Å². The van der Waals surface area contributed by atoms with E-state index in [1.54, 1.807) is 6.26 Å². The Bertz CT molecular complexity index is 272. The molecule has 0 spiro atoms. The maximum atomic E-state index is 4.98. The van der Waals surface area contributed by atoms with Crippen LogP contribution in [0.25, 0.3) is 5.57 Å². The van der Waals surface area contributed by atoms with Crippen LogP contribution in [0.15, 0.2) is 17.4 Å². The number of hydrogen-bond donors (Lipinski definition) is 0. The Morgan fingerprint density at radius 1 is 1.64 bits per heavy atom. The summed E-state index contributed by atoms with van der Waals surface area (Å²) in [5.74, 6) is 0. The largest absolute Gasteiger partial charge is 0.363 e. The van der Waals surface area contributed by atoms with E-state index in [9.17, 15) is 0 Å². The molecule has 1 rings (SSSR count). The first-order valence-corrected chi connectivity index (χ1v) is 3.65. The Morgan fingerprint density at radius 3 is 2.64 bits per heavy atom. The summed E-state index contributed by atoms with van der Waals surface area (Å²) >= 11 is 4.98. The predicted molar refractivity (Wildman–Crippen MR) is 48.6 cm³/mol. The summed E-state index contributed by atoms with van der Waals surface area (Å²) in [5.41, 5.74) is 2.50. The molecule has 3 heteroatoms. The van der Waals surface area contributed by atoms with Crippen LogP contribution in [-0.4, -0.2) is 10.0 Å². The van der Waals surface area contributed by atoms with E-state index in [0.29, 0.717) is 0 Å². The Kier molecular flexibility index (Phi) is 2.19. The molecule has 0 fully saturated rings. The van der Waals surface area contributed by atoms with Gasteiger partial charge in [-0.05, 0) is 19.4 Å². The monoisotopic (exact) mass is 167 g/mol.